The van der Waals surface area contributed by atoms with Gasteiger partial charge in [-0.05, 0) is 44.9 Å². The zero-order valence-electron chi connectivity index (χ0n) is 13.4. The monoisotopic (exact) mass is 266 g/mol. The van der Waals surface area contributed by atoms with E-state index in [4.69, 9.17) is 4.74 Å². The Morgan fingerprint density at radius 1 is 0.789 bits per heavy atom. The third-order valence-corrected chi connectivity index (χ3v) is 5.27. The molecule has 3 atom stereocenters. The number of rotatable bonds is 0. The van der Waals surface area contributed by atoms with Crippen molar-refractivity contribution >= 4 is 0 Å². The van der Waals surface area contributed by atoms with Crippen LogP contribution in [0.1, 0.15) is 91.4 Å². The Balaban J connectivity index is 1.96. The molecular formula is C18H34O. The Kier molecular flexibility index (Phi) is 5.74. The van der Waals surface area contributed by atoms with E-state index in [9.17, 15) is 0 Å². The van der Waals surface area contributed by atoms with Crippen molar-refractivity contribution in [3.8, 4) is 0 Å². The lowest BCUT2D eigenvalue weighted by Crippen LogP contribution is -2.45. The summed E-state index contributed by atoms with van der Waals surface area (Å²) in [7, 11) is 0. The van der Waals surface area contributed by atoms with Crippen molar-refractivity contribution in [3.05, 3.63) is 0 Å². The molecule has 1 saturated carbocycles. The second kappa shape index (κ2) is 7.11. The quantitative estimate of drug-likeness (QED) is 0.545. The lowest BCUT2D eigenvalue weighted by Gasteiger charge is -2.45. The fourth-order valence-electron chi connectivity index (χ4n) is 4.37. The zero-order valence-corrected chi connectivity index (χ0v) is 13.4. The standard InChI is InChI=1S/C18H34O/c1-15-14-18(2,3)19-17-13-11-9-7-5-4-6-8-10-12-16(15)17/h15-17H,4-14H2,1-3H3. The molecule has 1 aliphatic carbocycles. The highest BCUT2D eigenvalue weighted by atomic mass is 16.5. The summed E-state index contributed by atoms with van der Waals surface area (Å²) in [5, 5.41) is 0. The van der Waals surface area contributed by atoms with Crippen LogP contribution in [0.5, 0.6) is 0 Å². The van der Waals surface area contributed by atoms with Crippen LogP contribution < -0.4 is 0 Å². The SMILES string of the molecule is CC1CC(C)(C)OC2CCCCCCCCCCC12. The van der Waals surface area contributed by atoms with E-state index in [1.807, 2.05) is 0 Å². The predicted octanol–water partition coefficient (Wildman–Crippen LogP) is 5.72. The van der Waals surface area contributed by atoms with Crippen LogP contribution in [0.25, 0.3) is 0 Å². The molecule has 0 bridgehead atoms. The molecule has 1 aliphatic heterocycles. The van der Waals surface area contributed by atoms with E-state index in [-0.39, 0.29) is 5.60 Å². The molecule has 0 amide bonds. The first-order valence-electron chi connectivity index (χ1n) is 8.76. The first-order chi connectivity index (χ1) is 9.08. The molecule has 2 fully saturated rings. The molecule has 1 heterocycles. The minimum atomic E-state index is 0.109. The topological polar surface area (TPSA) is 9.23 Å². The summed E-state index contributed by atoms with van der Waals surface area (Å²) in [6.45, 7) is 7.04. The molecule has 0 aromatic heterocycles. The molecule has 1 saturated heterocycles. The summed E-state index contributed by atoms with van der Waals surface area (Å²) in [5.74, 6) is 1.67. The maximum Gasteiger partial charge on any atom is 0.0633 e. The molecule has 19 heavy (non-hydrogen) atoms. The van der Waals surface area contributed by atoms with Gasteiger partial charge in [0.15, 0.2) is 0 Å². The van der Waals surface area contributed by atoms with Crippen molar-refractivity contribution in [3.63, 3.8) is 0 Å². The van der Waals surface area contributed by atoms with E-state index >= 15 is 0 Å². The Morgan fingerprint density at radius 2 is 1.32 bits per heavy atom. The van der Waals surface area contributed by atoms with E-state index in [0.29, 0.717) is 6.10 Å². The summed E-state index contributed by atoms with van der Waals surface area (Å²) < 4.78 is 6.45. The summed E-state index contributed by atoms with van der Waals surface area (Å²) in [5.41, 5.74) is 0.109. The molecule has 2 aliphatic rings. The lowest BCUT2D eigenvalue weighted by molar-refractivity contribution is -0.159. The zero-order chi connectivity index (χ0) is 13.7. The van der Waals surface area contributed by atoms with E-state index < -0.39 is 0 Å². The Labute approximate surface area is 120 Å². The fourth-order valence-corrected chi connectivity index (χ4v) is 4.37. The van der Waals surface area contributed by atoms with Gasteiger partial charge in [0.2, 0.25) is 0 Å². The van der Waals surface area contributed by atoms with Crippen LogP contribution in [0.3, 0.4) is 0 Å². The number of fused-ring (bicyclic) bond motifs is 1. The molecular weight excluding hydrogens is 232 g/mol. The van der Waals surface area contributed by atoms with Gasteiger partial charge in [0.05, 0.1) is 11.7 Å². The summed E-state index contributed by atoms with van der Waals surface area (Å²) in [6.07, 6.45) is 16.0. The smallest absolute Gasteiger partial charge is 0.0633 e. The van der Waals surface area contributed by atoms with Crippen LogP contribution in [-0.4, -0.2) is 11.7 Å². The van der Waals surface area contributed by atoms with Crippen molar-refractivity contribution in [1.29, 1.82) is 0 Å². The number of ether oxygens (including phenoxy) is 1. The molecule has 0 spiro atoms. The van der Waals surface area contributed by atoms with Gasteiger partial charge in [-0.1, -0.05) is 58.3 Å². The van der Waals surface area contributed by atoms with Gasteiger partial charge in [-0.3, -0.25) is 0 Å². The van der Waals surface area contributed by atoms with Gasteiger partial charge in [0, 0.05) is 0 Å². The van der Waals surface area contributed by atoms with E-state index in [1.165, 1.54) is 70.6 Å². The molecule has 1 heteroatoms. The van der Waals surface area contributed by atoms with Crippen LogP contribution in [0, 0.1) is 11.8 Å². The minimum absolute atomic E-state index is 0.109. The lowest BCUT2D eigenvalue weighted by atomic mass is 9.74. The normalized spacial score (nSPS) is 37.7. The van der Waals surface area contributed by atoms with Crippen molar-refractivity contribution in [2.45, 2.75) is 103 Å². The van der Waals surface area contributed by atoms with Crippen molar-refractivity contribution < 1.29 is 4.74 Å². The Bertz CT molecular complexity index is 258. The largest absolute Gasteiger partial charge is 0.372 e. The Hall–Kier alpha value is -0.0400. The second-order valence-corrected chi connectivity index (χ2v) is 7.67. The van der Waals surface area contributed by atoms with Crippen molar-refractivity contribution in [2.75, 3.05) is 0 Å². The molecule has 0 N–H and O–H groups in total. The maximum absolute atomic E-state index is 6.45. The molecule has 2 rings (SSSR count). The highest BCUT2D eigenvalue weighted by Crippen LogP contribution is 2.41. The van der Waals surface area contributed by atoms with Crippen LogP contribution in [0.2, 0.25) is 0 Å². The van der Waals surface area contributed by atoms with E-state index in [1.54, 1.807) is 0 Å². The van der Waals surface area contributed by atoms with Crippen LogP contribution >= 0.6 is 0 Å². The van der Waals surface area contributed by atoms with Gasteiger partial charge in [-0.25, -0.2) is 0 Å². The highest BCUT2D eigenvalue weighted by molar-refractivity contribution is 4.88. The third kappa shape index (κ3) is 4.77. The maximum atomic E-state index is 6.45. The molecule has 1 nitrogen and oxygen atoms in total. The van der Waals surface area contributed by atoms with Crippen molar-refractivity contribution in [2.24, 2.45) is 11.8 Å². The molecule has 112 valence electrons. The van der Waals surface area contributed by atoms with Crippen LogP contribution in [-0.2, 0) is 4.74 Å². The molecule has 0 aromatic carbocycles. The predicted molar refractivity (Wildman–Crippen MR) is 82.4 cm³/mol. The molecule has 3 unspecified atom stereocenters. The van der Waals surface area contributed by atoms with Gasteiger partial charge >= 0.3 is 0 Å². The number of hydrogen-bond acceptors (Lipinski definition) is 1. The summed E-state index contributed by atoms with van der Waals surface area (Å²) in [4.78, 5) is 0. The molecule has 0 aromatic rings. The van der Waals surface area contributed by atoms with Gasteiger partial charge in [-0.15, -0.1) is 0 Å². The number of hydrogen-bond donors (Lipinski definition) is 0. The van der Waals surface area contributed by atoms with Crippen LogP contribution in [0.4, 0.5) is 0 Å². The van der Waals surface area contributed by atoms with Crippen LogP contribution in [0.15, 0.2) is 0 Å². The highest BCUT2D eigenvalue weighted by Gasteiger charge is 2.39. The first kappa shape index (κ1) is 15.4. The second-order valence-electron chi connectivity index (χ2n) is 7.67. The van der Waals surface area contributed by atoms with Gasteiger partial charge in [-0.2, -0.15) is 0 Å². The Morgan fingerprint density at radius 3 is 1.95 bits per heavy atom. The summed E-state index contributed by atoms with van der Waals surface area (Å²) in [6, 6.07) is 0. The average Bonchev–Trinajstić information content (AvgIpc) is 2.30. The minimum Gasteiger partial charge on any atom is -0.372 e. The summed E-state index contributed by atoms with van der Waals surface area (Å²) >= 11 is 0. The van der Waals surface area contributed by atoms with E-state index in [2.05, 4.69) is 20.8 Å². The molecule has 0 radical (unpaired) electrons. The van der Waals surface area contributed by atoms with Gasteiger partial charge < -0.3 is 4.74 Å². The first-order valence-corrected chi connectivity index (χ1v) is 8.76. The fraction of sp³-hybridized carbons (Fsp3) is 1.00. The van der Waals surface area contributed by atoms with Gasteiger partial charge in [0.1, 0.15) is 0 Å². The van der Waals surface area contributed by atoms with E-state index in [0.717, 1.165) is 11.8 Å². The van der Waals surface area contributed by atoms with Crippen molar-refractivity contribution in [1.82, 2.24) is 0 Å². The average molecular weight is 266 g/mol. The van der Waals surface area contributed by atoms with Gasteiger partial charge in [0.25, 0.3) is 0 Å². The third-order valence-electron chi connectivity index (χ3n) is 5.27.